The van der Waals surface area contributed by atoms with E-state index in [2.05, 4.69) is 10.1 Å². The van der Waals surface area contributed by atoms with Crippen molar-refractivity contribution in [2.24, 2.45) is 5.73 Å². The molecule has 0 spiro atoms. The summed E-state index contributed by atoms with van der Waals surface area (Å²) in [6, 6.07) is 5.56. The number of pyridine rings is 1. The Balaban J connectivity index is 1.62. The normalized spacial score (nSPS) is 16.8. The van der Waals surface area contributed by atoms with E-state index in [-0.39, 0.29) is 12.3 Å². The minimum atomic E-state index is -4.62. The largest absolute Gasteiger partial charge is 0.455 e. The standard InChI is InChI=1S/C19H17F3N6O3S/c1-11-15(16(23)29)32-18(26(11)8-12-3-2-6-24-7-12)27-10-25-28(17(27)30)9-13-4-5-14(31-13)19(20,21)22/h2-7,10,18H,8-9H2,1H3,(H2,23,29). The first kappa shape index (κ1) is 21.7. The van der Waals surface area contributed by atoms with Crippen molar-refractivity contribution >= 4 is 17.7 Å². The van der Waals surface area contributed by atoms with Crippen LogP contribution in [0.1, 0.15) is 29.5 Å². The van der Waals surface area contributed by atoms with Crippen LogP contribution in [0.15, 0.2) is 62.8 Å². The molecule has 3 aromatic rings. The number of primary amides is 1. The van der Waals surface area contributed by atoms with E-state index in [9.17, 15) is 22.8 Å². The Labute approximate surface area is 183 Å². The average molecular weight is 466 g/mol. The Kier molecular flexibility index (Phi) is 5.59. The first-order chi connectivity index (χ1) is 15.1. The lowest BCUT2D eigenvalue weighted by atomic mass is 10.2. The number of nitrogens with zero attached hydrogens (tertiary/aromatic N) is 5. The van der Waals surface area contributed by atoms with Crippen molar-refractivity contribution in [3.63, 3.8) is 0 Å². The molecule has 1 unspecified atom stereocenters. The maximum Gasteiger partial charge on any atom is 0.449 e. The number of rotatable bonds is 6. The second-order valence-corrected chi connectivity index (χ2v) is 8.02. The lowest BCUT2D eigenvalue weighted by Crippen LogP contribution is -2.33. The molecule has 0 fully saturated rings. The van der Waals surface area contributed by atoms with Crippen LogP contribution >= 0.6 is 11.8 Å². The highest BCUT2D eigenvalue weighted by Crippen LogP contribution is 2.44. The van der Waals surface area contributed by atoms with Crippen LogP contribution in [0.4, 0.5) is 13.2 Å². The topological polar surface area (TPSA) is 112 Å². The van der Waals surface area contributed by atoms with E-state index in [1.54, 1.807) is 25.4 Å². The maximum atomic E-state index is 13.0. The maximum absolute atomic E-state index is 13.0. The number of hydrogen-bond donors (Lipinski definition) is 1. The van der Waals surface area contributed by atoms with Gasteiger partial charge in [-0.15, -0.1) is 0 Å². The molecule has 1 aliphatic heterocycles. The van der Waals surface area contributed by atoms with Crippen molar-refractivity contribution in [1.82, 2.24) is 24.2 Å². The Bertz CT molecular complexity index is 1230. The first-order valence-electron chi connectivity index (χ1n) is 9.28. The third-order valence-corrected chi connectivity index (χ3v) is 6.22. The molecule has 1 atom stereocenters. The molecule has 1 aliphatic rings. The Morgan fingerprint density at radius 3 is 2.69 bits per heavy atom. The highest BCUT2D eigenvalue weighted by atomic mass is 32.2. The molecule has 3 aromatic heterocycles. The monoisotopic (exact) mass is 466 g/mol. The number of thioether (sulfide) groups is 1. The summed E-state index contributed by atoms with van der Waals surface area (Å²) < 4.78 is 45.3. The second kappa shape index (κ2) is 8.22. The third kappa shape index (κ3) is 4.15. The fourth-order valence-electron chi connectivity index (χ4n) is 3.25. The Hall–Kier alpha value is -3.48. The van der Waals surface area contributed by atoms with Gasteiger partial charge in [0.15, 0.2) is 5.50 Å². The van der Waals surface area contributed by atoms with E-state index in [1.807, 2.05) is 11.0 Å². The fraction of sp³-hybridized carbons (Fsp3) is 0.263. The Morgan fingerprint density at radius 2 is 2.06 bits per heavy atom. The van der Waals surface area contributed by atoms with E-state index in [0.717, 1.165) is 34.1 Å². The summed E-state index contributed by atoms with van der Waals surface area (Å²) in [4.78, 5) is 31.0. The van der Waals surface area contributed by atoms with E-state index >= 15 is 0 Å². The van der Waals surface area contributed by atoms with Gasteiger partial charge in [-0.05, 0) is 30.7 Å². The van der Waals surface area contributed by atoms with Crippen molar-refractivity contribution in [2.45, 2.75) is 31.7 Å². The number of carbonyl (C=O) groups is 1. The molecule has 13 heteroatoms. The van der Waals surface area contributed by atoms with Crippen LogP contribution in [0.2, 0.25) is 0 Å². The van der Waals surface area contributed by atoms with Gasteiger partial charge in [-0.3, -0.25) is 14.3 Å². The Morgan fingerprint density at radius 1 is 1.28 bits per heavy atom. The highest BCUT2D eigenvalue weighted by molar-refractivity contribution is 8.04. The summed E-state index contributed by atoms with van der Waals surface area (Å²) in [6.45, 7) is 1.79. The quantitative estimate of drug-likeness (QED) is 0.594. The van der Waals surface area contributed by atoms with Crippen LogP contribution in [0, 0.1) is 0 Å². The van der Waals surface area contributed by atoms with E-state index < -0.39 is 29.0 Å². The molecule has 1 amide bonds. The minimum Gasteiger partial charge on any atom is -0.455 e. The molecule has 9 nitrogen and oxygen atoms in total. The summed E-state index contributed by atoms with van der Waals surface area (Å²) in [5, 5.41) is 4.00. The summed E-state index contributed by atoms with van der Waals surface area (Å²) >= 11 is 1.10. The smallest absolute Gasteiger partial charge is 0.449 e. The van der Waals surface area contributed by atoms with Gasteiger partial charge >= 0.3 is 11.9 Å². The van der Waals surface area contributed by atoms with Gasteiger partial charge in [0, 0.05) is 24.6 Å². The fourth-order valence-corrected chi connectivity index (χ4v) is 4.48. The van der Waals surface area contributed by atoms with Gasteiger partial charge in [0.05, 0.1) is 4.91 Å². The first-order valence-corrected chi connectivity index (χ1v) is 10.2. The predicted octanol–water partition coefficient (Wildman–Crippen LogP) is 2.52. The van der Waals surface area contributed by atoms with Crippen LogP contribution in [0.3, 0.4) is 0 Å². The second-order valence-electron chi connectivity index (χ2n) is 6.95. The van der Waals surface area contributed by atoms with Crippen molar-refractivity contribution in [3.05, 3.63) is 81.2 Å². The van der Waals surface area contributed by atoms with E-state index in [1.165, 1.54) is 10.9 Å². The van der Waals surface area contributed by atoms with Gasteiger partial charge < -0.3 is 15.1 Å². The molecule has 0 aromatic carbocycles. The van der Waals surface area contributed by atoms with Crippen LogP contribution in [-0.4, -0.2) is 30.1 Å². The zero-order chi connectivity index (χ0) is 23.0. The molecular formula is C19H17F3N6O3S. The van der Waals surface area contributed by atoms with Crippen molar-refractivity contribution in [1.29, 1.82) is 0 Å². The molecule has 0 bridgehead atoms. The number of alkyl halides is 3. The molecule has 32 heavy (non-hydrogen) atoms. The summed E-state index contributed by atoms with van der Waals surface area (Å²) in [6.07, 6.45) is -0.0610. The molecule has 0 saturated heterocycles. The van der Waals surface area contributed by atoms with Crippen LogP contribution in [0.5, 0.6) is 0 Å². The van der Waals surface area contributed by atoms with Crippen molar-refractivity contribution in [3.8, 4) is 0 Å². The van der Waals surface area contributed by atoms with E-state index in [4.69, 9.17) is 10.2 Å². The van der Waals surface area contributed by atoms with E-state index in [0.29, 0.717) is 17.1 Å². The summed E-state index contributed by atoms with van der Waals surface area (Å²) in [5.41, 5.74) is 5.69. The number of hydrogen-bond acceptors (Lipinski definition) is 7. The third-order valence-electron chi connectivity index (χ3n) is 4.79. The van der Waals surface area contributed by atoms with Crippen molar-refractivity contribution < 1.29 is 22.4 Å². The van der Waals surface area contributed by atoms with Crippen molar-refractivity contribution in [2.75, 3.05) is 0 Å². The van der Waals surface area contributed by atoms with Crippen LogP contribution < -0.4 is 11.4 Å². The van der Waals surface area contributed by atoms with Gasteiger partial charge in [0.2, 0.25) is 5.76 Å². The van der Waals surface area contributed by atoms with Gasteiger partial charge in [-0.1, -0.05) is 17.8 Å². The zero-order valence-corrected chi connectivity index (χ0v) is 17.4. The number of allylic oxidation sites excluding steroid dienone is 1. The number of carbonyl (C=O) groups excluding carboxylic acids is 1. The number of aromatic nitrogens is 4. The molecule has 2 N–H and O–H groups in total. The predicted molar refractivity (Wildman–Crippen MR) is 108 cm³/mol. The lowest BCUT2D eigenvalue weighted by Gasteiger charge is -2.27. The molecular weight excluding hydrogens is 449 g/mol. The molecule has 168 valence electrons. The molecule has 4 heterocycles. The molecule has 0 aliphatic carbocycles. The molecule has 0 radical (unpaired) electrons. The van der Waals surface area contributed by atoms with Crippen LogP contribution in [-0.2, 0) is 24.1 Å². The molecule has 0 saturated carbocycles. The van der Waals surface area contributed by atoms with Crippen LogP contribution in [0.25, 0.3) is 0 Å². The van der Waals surface area contributed by atoms with Gasteiger partial charge in [-0.25, -0.2) is 9.48 Å². The lowest BCUT2D eigenvalue weighted by molar-refractivity contribution is -0.153. The van der Waals surface area contributed by atoms with Gasteiger partial charge in [0.1, 0.15) is 18.6 Å². The number of amides is 1. The number of nitrogens with two attached hydrogens (primary N) is 1. The summed E-state index contributed by atoms with van der Waals surface area (Å²) in [5.74, 6) is -1.84. The van der Waals surface area contributed by atoms with Gasteiger partial charge in [0.25, 0.3) is 5.91 Å². The highest BCUT2D eigenvalue weighted by Gasteiger charge is 2.36. The van der Waals surface area contributed by atoms with Gasteiger partial charge in [-0.2, -0.15) is 18.3 Å². The summed E-state index contributed by atoms with van der Waals surface area (Å²) in [7, 11) is 0. The number of furan rings is 1. The SMILES string of the molecule is CC1=C(C(N)=O)SC(n2cnn(Cc3ccc(C(F)(F)F)o3)c2=O)N1Cc1cccnc1. The molecule has 4 rings (SSSR count). The number of halogens is 3. The minimum absolute atomic E-state index is 0.0666. The average Bonchev–Trinajstić information content (AvgIpc) is 3.43. The zero-order valence-electron chi connectivity index (χ0n) is 16.6.